The van der Waals surface area contributed by atoms with Crippen LogP contribution in [0.4, 0.5) is 0 Å². The van der Waals surface area contributed by atoms with Gasteiger partial charge in [-0.3, -0.25) is 0 Å². The Morgan fingerprint density at radius 3 is 2.50 bits per heavy atom. The molecule has 0 spiro atoms. The topological polar surface area (TPSA) is 3.24 Å². The molecule has 0 bridgehead atoms. The van der Waals surface area contributed by atoms with Gasteiger partial charge in [-0.2, -0.15) is 0 Å². The van der Waals surface area contributed by atoms with Gasteiger partial charge >= 0.3 is 0 Å². The summed E-state index contributed by atoms with van der Waals surface area (Å²) in [6.07, 6.45) is 4.30. The van der Waals surface area contributed by atoms with E-state index in [0.717, 1.165) is 5.92 Å². The first kappa shape index (κ1) is 12.0. The largest absolute Gasteiger partial charge is 0.303 e. The highest BCUT2D eigenvalue weighted by molar-refractivity contribution is 4.66. The lowest BCUT2D eigenvalue weighted by Gasteiger charge is -2.19. The maximum absolute atomic E-state index is 2.57. The molecule has 0 amide bonds. The van der Waals surface area contributed by atoms with Crippen molar-refractivity contribution in [2.45, 2.75) is 47.0 Å². The van der Waals surface area contributed by atoms with E-state index in [1.807, 2.05) is 13.8 Å². The summed E-state index contributed by atoms with van der Waals surface area (Å²) < 4.78 is 0. The number of nitrogens with zero attached hydrogens (tertiary/aromatic N) is 1. The molecule has 0 aromatic heterocycles. The van der Waals surface area contributed by atoms with Crippen molar-refractivity contribution in [3.63, 3.8) is 0 Å². The van der Waals surface area contributed by atoms with E-state index in [4.69, 9.17) is 0 Å². The van der Waals surface area contributed by atoms with E-state index in [1.165, 1.54) is 38.9 Å². The van der Waals surface area contributed by atoms with Crippen molar-refractivity contribution >= 4 is 0 Å². The number of hydrogen-bond donors (Lipinski definition) is 0. The molecule has 0 aromatic rings. The minimum atomic E-state index is 0.933. The Morgan fingerprint density at radius 2 is 1.92 bits per heavy atom. The number of rotatable bonds is 1. The third-order valence-electron chi connectivity index (χ3n) is 2.44. The molecule has 0 aliphatic carbocycles. The average molecular weight is 171 g/mol. The Hall–Kier alpha value is -0.0400. The van der Waals surface area contributed by atoms with Gasteiger partial charge in [-0.05, 0) is 31.8 Å². The van der Waals surface area contributed by atoms with Crippen molar-refractivity contribution in [1.82, 2.24) is 4.90 Å². The molecular weight excluding hydrogens is 146 g/mol. The molecule has 1 aliphatic heterocycles. The molecule has 1 unspecified atom stereocenters. The number of likely N-dealkylation sites (tertiary alicyclic amines) is 1. The van der Waals surface area contributed by atoms with Gasteiger partial charge in [0.2, 0.25) is 0 Å². The van der Waals surface area contributed by atoms with Crippen LogP contribution >= 0.6 is 0 Å². The van der Waals surface area contributed by atoms with E-state index >= 15 is 0 Å². The van der Waals surface area contributed by atoms with Crippen LogP contribution in [0, 0.1) is 5.92 Å². The maximum atomic E-state index is 2.57. The Bertz CT molecular complexity index is 91.0. The molecule has 1 heterocycles. The Balaban J connectivity index is 0.000000561. The molecule has 1 saturated heterocycles. The standard InChI is InChI=1S/C9H19N.C2H6/c1-3-10-7-5-4-6-9(2)8-10;1-2/h9H,3-8H2,1-2H3;1-2H3. The fraction of sp³-hybridized carbons (Fsp3) is 1.00. The summed E-state index contributed by atoms with van der Waals surface area (Å²) in [5, 5.41) is 0. The molecule has 1 nitrogen and oxygen atoms in total. The van der Waals surface area contributed by atoms with E-state index in [-0.39, 0.29) is 0 Å². The number of hydrogen-bond acceptors (Lipinski definition) is 1. The molecular formula is C11H25N. The van der Waals surface area contributed by atoms with Crippen molar-refractivity contribution in [1.29, 1.82) is 0 Å². The van der Waals surface area contributed by atoms with Gasteiger partial charge in [-0.15, -0.1) is 0 Å². The van der Waals surface area contributed by atoms with Crippen molar-refractivity contribution in [3.05, 3.63) is 0 Å². The van der Waals surface area contributed by atoms with Crippen molar-refractivity contribution in [2.75, 3.05) is 19.6 Å². The summed E-state index contributed by atoms with van der Waals surface area (Å²) in [7, 11) is 0. The second kappa shape index (κ2) is 7.60. The van der Waals surface area contributed by atoms with E-state index in [0.29, 0.717) is 0 Å². The van der Waals surface area contributed by atoms with Gasteiger partial charge in [0.05, 0.1) is 0 Å². The zero-order chi connectivity index (χ0) is 9.40. The normalized spacial score (nSPS) is 25.5. The molecule has 1 aliphatic rings. The zero-order valence-electron chi connectivity index (χ0n) is 9.27. The monoisotopic (exact) mass is 171 g/mol. The summed E-state index contributed by atoms with van der Waals surface area (Å²) in [5.41, 5.74) is 0. The SMILES string of the molecule is CC.CCN1CCCCC(C)C1. The lowest BCUT2D eigenvalue weighted by molar-refractivity contribution is 0.269. The van der Waals surface area contributed by atoms with Gasteiger partial charge in [-0.25, -0.2) is 0 Å². The first-order valence-electron chi connectivity index (χ1n) is 5.55. The van der Waals surface area contributed by atoms with E-state index in [2.05, 4.69) is 18.7 Å². The predicted octanol–water partition coefficient (Wildman–Crippen LogP) is 3.15. The first-order chi connectivity index (χ1) is 5.83. The molecule has 1 heteroatoms. The van der Waals surface area contributed by atoms with Gasteiger partial charge in [-0.1, -0.05) is 34.1 Å². The Labute approximate surface area is 78.1 Å². The molecule has 1 atom stereocenters. The van der Waals surface area contributed by atoms with Crippen molar-refractivity contribution in [2.24, 2.45) is 5.92 Å². The van der Waals surface area contributed by atoms with Gasteiger partial charge in [0, 0.05) is 6.54 Å². The Kier molecular flexibility index (Phi) is 7.58. The second-order valence-electron chi connectivity index (χ2n) is 3.49. The molecule has 0 saturated carbocycles. The summed E-state index contributed by atoms with van der Waals surface area (Å²) >= 11 is 0. The van der Waals surface area contributed by atoms with Crippen LogP contribution in [0.1, 0.15) is 47.0 Å². The van der Waals surface area contributed by atoms with Gasteiger partial charge < -0.3 is 4.90 Å². The molecule has 0 N–H and O–H groups in total. The first-order valence-corrected chi connectivity index (χ1v) is 5.55. The highest BCUT2D eigenvalue weighted by Crippen LogP contribution is 2.14. The second-order valence-corrected chi connectivity index (χ2v) is 3.49. The third-order valence-corrected chi connectivity index (χ3v) is 2.44. The Morgan fingerprint density at radius 1 is 1.25 bits per heavy atom. The molecule has 74 valence electrons. The van der Waals surface area contributed by atoms with E-state index in [1.54, 1.807) is 0 Å². The van der Waals surface area contributed by atoms with Crippen LogP contribution in [0.3, 0.4) is 0 Å². The zero-order valence-corrected chi connectivity index (χ0v) is 9.27. The summed E-state index contributed by atoms with van der Waals surface area (Å²) in [6.45, 7) is 12.5. The highest BCUT2D eigenvalue weighted by atomic mass is 15.1. The maximum Gasteiger partial charge on any atom is 0.000690 e. The minimum Gasteiger partial charge on any atom is -0.303 e. The van der Waals surface area contributed by atoms with Crippen molar-refractivity contribution < 1.29 is 0 Å². The predicted molar refractivity (Wildman–Crippen MR) is 56.5 cm³/mol. The molecule has 0 radical (unpaired) electrons. The van der Waals surface area contributed by atoms with Crippen LogP contribution < -0.4 is 0 Å². The van der Waals surface area contributed by atoms with Crippen LogP contribution in [0.15, 0.2) is 0 Å². The summed E-state index contributed by atoms with van der Waals surface area (Å²) in [4.78, 5) is 2.57. The van der Waals surface area contributed by atoms with E-state index in [9.17, 15) is 0 Å². The van der Waals surface area contributed by atoms with Gasteiger partial charge in [0.25, 0.3) is 0 Å². The van der Waals surface area contributed by atoms with Crippen LogP contribution in [-0.2, 0) is 0 Å². The van der Waals surface area contributed by atoms with Crippen LogP contribution in [0.5, 0.6) is 0 Å². The van der Waals surface area contributed by atoms with Gasteiger partial charge in [0.15, 0.2) is 0 Å². The summed E-state index contributed by atoms with van der Waals surface area (Å²) in [5.74, 6) is 0.933. The van der Waals surface area contributed by atoms with Crippen LogP contribution in [-0.4, -0.2) is 24.5 Å². The van der Waals surface area contributed by atoms with E-state index < -0.39 is 0 Å². The van der Waals surface area contributed by atoms with Crippen LogP contribution in [0.25, 0.3) is 0 Å². The fourth-order valence-corrected chi connectivity index (χ4v) is 1.74. The molecule has 1 fully saturated rings. The quantitative estimate of drug-likeness (QED) is 0.586. The molecule has 1 rings (SSSR count). The van der Waals surface area contributed by atoms with Crippen LogP contribution in [0.2, 0.25) is 0 Å². The summed E-state index contributed by atoms with van der Waals surface area (Å²) in [6, 6.07) is 0. The minimum absolute atomic E-state index is 0.933. The lowest BCUT2D eigenvalue weighted by atomic mass is 10.1. The lowest BCUT2D eigenvalue weighted by Crippen LogP contribution is -2.26. The van der Waals surface area contributed by atoms with Gasteiger partial charge in [0.1, 0.15) is 0 Å². The molecule has 0 aromatic carbocycles. The molecule has 12 heavy (non-hydrogen) atoms. The fourth-order valence-electron chi connectivity index (χ4n) is 1.74. The van der Waals surface area contributed by atoms with Crippen molar-refractivity contribution in [3.8, 4) is 0 Å². The smallest absolute Gasteiger partial charge is 0.000690 e. The highest BCUT2D eigenvalue weighted by Gasteiger charge is 2.11. The average Bonchev–Trinajstić information content (AvgIpc) is 2.33. The third kappa shape index (κ3) is 4.76.